The molecule has 19 heavy (non-hydrogen) atoms. The Bertz CT molecular complexity index is 439. The molecule has 1 aromatic heterocycles. The van der Waals surface area contributed by atoms with E-state index in [1.54, 1.807) is 0 Å². The van der Waals surface area contributed by atoms with Crippen LogP contribution in [0, 0.1) is 17.8 Å². The first-order valence-electron chi connectivity index (χ1n) is 7.13. The van der Waals surface area contributed by atoms with Crippen LogP contribution in [0.25, 0.3) is 0 Å². The van der Waals surface area contributed by atoms with Crippen LogP contribution in [0.3, 0.4) is 0 Å². The lowest BCUT2D eigenvalue weighted by Crippen LogP contribution is -2.25. The fourth-order valence-electron chi connectivity index (χ4n) is 3.22. The van der Waals surface area contributed by atoms with E-state index in [4.69, 9.17) is 5.11 Å². The molecule has 0 aromatic carbocycles. The van der Waals surface area contributed by atoms with Gasteiger partial charge in [-0.05, 0) is 17.8 Å². The molecule has 1 saturated heterocycles. The van der Waals surface area contributed by atoms with E-state index in [1.807, 2.05) is 12.4 Å². The Hall–Kier alpha value is -1.00. The van der Waals surface area contributed by atoms with Gasteiger partial charge in [-0.2, -0.15) is 0 Å². The summed E-state index contributed by atoms with van der Waals surface area (Å²) in [5, 5.41) is 9.16. The molecule has 4 nitrogen and oxygen atoms in total. The van der Waals surface area contributed by atoms with Crippen LogP contribution in [0.5, 0.6) is 0 Å². The molecule has 0 amide bonds. The molecule has 1 aromatic rings. The lowest BCUT2D eigenvalue weighted by molar-refractivity contribution is 0.217. The van der Waals surface area contributed by atoms with Crippen LogP contribution in [0.4, 0.5) is 0 Å². The Kier molecular flexibility index (Phi) is 3.10. The topological polar surface area (TPSA) is 49.2 Å². The molecule has 3 rings (SSSR count). The van der Waals surface area contributed by atoms with Crippen LogP contribution >= 0.6 is 0 Å². The van der Waals surface area contributed by atoms with Crippen molar-refractivity contribution in [2.24, 2.45) is 17.8 Å². The molecule has 1 aliphatic carbocycles. The van der Waals surface area contributed by atoms with Crippen molar-refractivity contribution in [3.8, 4) is 0 Å². The van der Waals surface area contributed by atoms with Crippen LogP contribution in [-0.4, -0.2) is 39.7 Å². The van der Waals surface area contributed by atoms with E-state index in [0.29, 0.717) is 12.5 Å². The summed E-state index contributed by atoms with van der Waals surface area (Å²) in [6.45, 7) is 9.94. The summed E-state index contributed by atoms with van der Waals surface area (Å²) < 4.78 is 0. The van der Waals surface area contributed by atoms with E-state index < -0.39 is 0 Å². The monoisotopic (exact) mass is 261 g/mol. The number of likely N-dealkylation sites (tertiary alicyclic amines) is 1. The van der Waals surface area contributed by atoms with Gasteiger partial charge in [0.1, 0.15) is 5.82 Å². The van der Waals surface area contributed by atoms with Gasteiger partial charge in [-0.3, -0.25) is 4.90 Å². The van der Waals surface area contributed by atoms with Crippen molar-refractivity contribution < 1.29 is 5.11 Å². The van der Waals surface area contributed by atoms with Gasteiger partial charge in [0.15, 0.2) is 0 Å². The number of hydrogen-bond acceptors (Lipinski definition) is 4. The van der Waals surface area contributed by atoms with Crippen molar-refractivity contribution in [2.75, 3.05) is 19.7 Å². The molecule has 0 spiro atoms. The zero-order valence-corrected chi connectivity index (χ0v) is 12.0. The van der Waals surface area contributed by atoms with Crippen LogP contribution in [0.2, 0.25) is 0 Å². The fraction of sp³-hybridized carbons (Fsp3) is 0.733. The third-order valence-electron chi connectivity index (χ3n) is 4.44. The van der Waals surface area contributed by atoms with Crippen LogP contribution in [-0.2, 0) is 12.0 Å². The third kappa shape index (κ3) is 2.51. The predicted octanol–water partition coefficient (Wildman–Crippen LogP) is 1.44. The minimum Gasteiger partial charge on any atom is -0.396 e. The summed E-state index contributed by atoms with van der Waals surface area (Å²) in [5.41, 5.74) is 1.21. The highest BCUT2D eigenvalue weighted by Crippen LogP contribution is 2.51. The Morgan fingerprint density at radius 3 is 2.26 bits per heavy atom. The molecule has 2 heterocycles. The molecule has 1 unspecified atom stereocenters. The maximum absolute atomic E-state index is 9.16. The number of hydrogen-bond donors (Lipinski definition) is 1. The van der Waals surface area contributed by atoms with E-state index >= 15 is 0 Å². The first-order valence-corrected chi connectivity index (χ1v) is 7.13. The Balaban J connectivity index is 1.57. The van der Waals surface area contributed by atoms with Gasteiger partial charge in [0.2, 0.25) is 0 Å². The summed E-state index contributed by atoms with van der Waals surface area (Å²) in [4.78, 5) is 11.4. The molecule has 1 saturated carbocycles. The summed E-state index contributed by atoms with van der Waals surface area (Å²) in [6.07, 6.45) is 3.92. The van der Waals surface area contributed by atoms with Gasteiger partial charge < -0.3 is 5.11 Å². The Morgan fingerprint density at radius 2 is 1.79 bits per heavy atom. The summed E-state index contributed by atoms with van der Waals surface area (Å²) in [6, 6.07) is 0. The van der Waals surface area contributed by atoms with E-state index in [-0.39, 0.29) is 5.41 Å². The lowest BCUT2D eigenvalue weighted by atomic mass is 9.96. The van der Waals surface area contributed by atoms with E-state index in [2.05, 4.69) is 35.6 Å². The van der Waals surface area contributed by atoms with Crippen molar-refractivity contribution in [1.29, 1.82) is 0 Å². The minimum absolute atomic E-state index is 0.0160. The first kappa shape index (κ1) is 13.0. The molecule has 1 N–H and O–H groups in total. The Morgan fingerprint density at radius 1 is 1.21 bits per heavy atom. The van der Waals surface area contributed by atoms with Gasteiger partial charge in [-0.25, -0.2) is 9.97 Å². The molecule has 2 aliphatic rings. The van der Waals surface area contributed by atoms with Crippen molar-refractivity contribution in [3.63, 3.8) is 0 Å². The normalized spacial score (nSPS) is 30.4. The molecule has 1 aliphatic heterocycles. The zero-order chi connectivity index (χ0) is 13.6. The second kappa shape index (κ2) is 4.53. The molecule has 3 atom stereocenters. The number of aliphatic hydroxyl groups excluding tert-OH is 1. The summed E-state index contributed by atoms with van der Waals surface area (Å²) >= 11 is 0. The standard InChI is InChI=1S/C15H23N3O/c1-15(2,3)14-16-4-10(5-17-14)6-18-7-11-12(8-18)13(11)9-19/h4-5,11-13,19H,6-9H2,1-3H3/t11-,12+,13?. The second-order valence-electron chi connectivity index (χ2n) is 7.03. The van der Waals surface area contributed by atoms with E-state index in [9.17, 15) is 0 Å². The number of rotatable bonds is 3. The number of fused-ring (bicyclic) bond motifs is 1. The van der Waals surface area contributed by atoms with Crippen LogP contribution in [0.15, 0.2) is 12.4 Å². The van der Waals surface area contributed by atoms with Crippen molar-refractivity contribution in [1.82, 2.24) is 14.9 Å². The maximum Gasteiger partial charge on any atom is 0.133 e. The summed E-state index contributed by atoms with van der Waals surface area (Å²) in [5.74, 6) is 2.95. The van der Waals surface area contributed by atoms with Gasteiger partial charge in [-0.1, -0.05) is 20.8 Å². The van der Waals surface area contributed by atoms with Crippen LogP contribution < -0.4 is 0 Å². The molecular weight excluding hydrogens is 238 g/mol. The van der Waals surface area contributed by atoms with Gasteiger partial charge in [-0.15, -0.1) is 0 Å². The highest BCUT2D eigenvalue weighted by Gasteiger charge is 2.54. The van der Waals surface area contributed by atoms with E-state index in [0.717, 1.165) is 37.3 Å². The molecule has 2 fully saturated rings. The maximum atomic E-state index is 9.16. The molecule has 0 radical (unpaired) electrons. The van der Waals surface area contributed by atoms with Gasteiger partial charge in [0.05, 0.1) is 0 Å². The average molecular weight is 261 g/mol. The van der Waals surface area contributed by atoms with Crippen LogP contribution in [0.1, 0.15) is 32.2 Å². The third-order valence-corrected chi connectivity index (χ3v) is 4.44. The van der Waals surface area contributed by atoms with Gasteiger partial charge >= 0.3 is 0 Å². The highest BCUT2D eigenvalue weighted by molar-refractivity contribution is 5.11. The molecule has 104 valence electrons. The number of piperidine rings is 1. The SMILES string of the molecule is CC(C)(C)c1ncc(CN2C[C@@H]3C(CO)[C@@H]3C2)cn1. The molecular formula is C15H23N3O. The summed E-state index contributed by atoms with van der Waals surface area (Å²) in [7, 11) is 0. The molecule has 0 bridgehead atoms. The fourth-order valence-corrected chi connectivity index (χ4v) is 3.22. The number of aromatic nitrogens is 2. The number of nitrogens with zero attached hydrogens (tertiary/aromatic N) is 3. The average Bonchev–Trinajstić information content (AvgIpc) is 2.83. The first-order chi connectivity index (χ1) is 8.99. The van der Waals surface area contributed by atoms with Crippen molar-refractivity contribution >= 4 is 0 Å². The smallest absolute Gasteiger partial charge is 0.133 e. The van der Waals surface area contributed by atoms with Crippen molar-refractivity contribution in [2.45, 2.75) is 32.7 Å². The van der Waals surface area contributed by atoms with E-state index in [1.165, 1.54) is 5.56 Å². The van der Waals surface area contributed by atoms with Gasteiger partial charge in [0.25, 0.3) is 0 Å². The Labute approximate surface area is 114 Å². The van der Waals surface area contributed by atoms with Crippen molar-refractivity contribution in [3.05, 3.63) is 23.8 Å². The largest absolute Gasteiger partial charge is 0.396 e. The predicted molar refractivity (Wildman–Crippen MR) is 73.6 cm³/mol. The highest BCUT2D eigenvalue weighted by atomic mass is 16.3. The zero-order valence-electron chi connectivity index (χ0n) is 12.0. The lowest BCUT2D eigenvalue weighted by Gasteiger charge is -2.20. The number of aliphatic hydroxyl groups is 1. The second-order valence-corrected chi connectivity index (χ2v) is 7.03. The molecule has 4 heteroatoms. The minimum atomic E-state index is 0.0160. The quantitative estimate of drug-likeness (QED) is 0.894. The van der Waals surface area contributed by atoms with Gasteiger partial charge in [0, 0.05) is 49.6 Å².